The summed E-state index contributed by atoms with van der Waals surface area (Å²) < 4.78 is 0. The van der Waals surface area contributed by atoms with E-state index in [1.54, 1.807) is 0 Å². The molecule has 2 N–H and O–H groups in total. The van der Waals surface area contributed by atoms with Gasteiger partial charge < -0.3 is 10.6 Å². The smallest absolute Gasteiger partial charge is 0.0408 e. The van der Waals surface area contributed by atoms with E-state index in [-0.39, 0.29) is 0 Å². The van der Waals surface area contributed by atoms with Gasteiger partial charge in [0.15, 0.2) is 0 Å². The fourth-order valence-corrected chi connectivity index (χ4v) is 1.74. The summed E-state index contributed by atoms with van der Waals surface area (Å²) in [6.07, 6.45) is 2.23. The highest BCUT2D eigenvalue weighted by molar-refractivity contribution is 6.30. The molecule has 0 atom stereocenters. The Kier molecular flexibility index (Phi) is 7.23. The van der Waals surface area contributed by atoms with E-state index in [0.29, 0.717) is 0 Å². The van der Waals surface area contributed by atoms with Crippen LogP contribution in [0.3, 0.4) is 0 Å². The van der Waals surface area contributed by atoms with E-state index >= 15 is 0 Å². The number of rotatable bonds is 8. The first-order valence-corrected chi connectivity index (χ1v) is 6.36. The van der Waals surface area contributed by atoms with Gasteiger partial charge >= 0.3 is 0 Å². The average molecular weight is 241 g/mol. The van der Waals surface area contributed by atoms with Crippen LogP contribution in [0.4, 0.5) is 0 Å². The van der Waals surface area contributed by atoms with Gasteiger partial charge in [-0.05, 0) is 43.6 Å². The normalized spacial score (nSPS) is 10.6. The van der Waals surface area contributed by atoms with Crippen LogP contribution in [-0.4, -0.2) is 26.2 Å². The fourth-order valence-electron chi connectivity index (χ4n) is 1.53. The zero-order valence-electron chi connectivity index (χ0n) is 9.93. The molecule has 0 fully saturated rings. The first-order chi connectivity index (χ1) is 7.83. The molecule has 0 heterocycles. The molecule has 90 valence electrons. The molecule has 1 rings (SSSR count). The second-order valence-corrected chi connectivity index (χ2v) is 4.32. The molecule has 0 amide bonds. The molecule has 3 heteroatoms. The molecule has 16 heavy (non-hydrogen) atoms. The van der Waals surface area contributed by atoms with Crippen LogP contribution in [0.1, 0.15) is 18.9 Å². The van der Waals surface area contributed by atoms with E-state index in [1.165, 1.54) is 12.0 Å². The Balaban J connectivity index is 2.03. The summed E-state index contributed by atoms with van der Waals surface area (Å²) in [4.78, 5) is 0. The summed E-state index contributed by atoms with van der Waals surface area (Å²) in [5.41, 5.74) is 1.29. The number of benzene rings is 1. The van der Waals surface area contributed by atoms with Gasteiger partial charge in [0.05, 0.1) is 0 Å². The molecule has 0 aliphatic carbocycles. The van der Waals surface area contributed by atoms with Crippen molar-refractivity contribution in [3.63, 3.8) is 0 Å². The molecule has 0 spiro atoms. The van der Waals surface area contributed by atoms with Gasteiger partial charge in [-0.25, -0.2) is 0 Å². The molecule has 2 nitrogen and oxygen atoms in total. The largest absolute Gasteiger partial charge is 0.315 e. The van der Waals surface area contributed by atoms with Crippen molar-refractivity contribution in [2.45, 2.75) is 19.8 Å². The third kappa shape index (κ3) is 6.11. The molecule has 0 aliphatic heterocycles. The van der Waals surface area contributed by atoms with Crippen molar-refractivity contribution < 1.29 is 0 Å². The predicted octanol–water partition coefficient (Wildman–Crippen LogP) is 2.47. The summed E-state index contributed by atoms with van der Waals surface area (Å²) in [5, 5.41) is 7.59. The monoisotopic (exact) mass is 240 g/mol. The Hall–Kier alpha value is -0.570. The van der Waals surface area contributed by atoms with E-state index in [2.05, 4.69) is 23.6 Å². The van der Waals surface area contributed by atoms with Gasteiger partial charge in [-0.15, -0.1) is 0 Å². The van der Waals surface area contributed by atoms with Crippen LogP contribution in [0.15, 0.2) is 24.3 Å². The maximum absolute atomic E-state index is 5.91. The molecule has 1 aromatic carbocycles. The van der Waals surface area contributed by atoms with Crippen molar-refractivity contribution in [1.82, 2.24) is 10.6 Å². The highest BCUT2D eigenvalue weighted by atomic mass is 35.5. The maximum Gasteiger partial charge on any atom is 0.0408 e. The molecule has 0 saturated carbocycles. The summed E-state index contributed by atoms with van der Waals surface area (Å²) in [7, 11) is 0. The first kappa shape index (κ1) is 13.5. The molecule has 0 radical (unpaired) electrons. The van der Waals surface area contributed by atoms with Crippen molar-refractivity contribution in [2.24, 2.45) is 0 Å². The molecular weight excluding hydrogens is 220 g/mol. The summed E-state index contributed by atoms with van der Waals surface area (Å²) in [5.74, 6) is 0. The van der Waals surface area contributed by atoms with Crippen LogP contribution in [-0.2, 0) is 6.42 Å². The maximum atomic E-state index is 5.91. The molecule has 0 saturated heterocycles. The second-order valence-electron chi connectivity index (χ2n) is 3.88. The Bertz CT molecular complexity index is 289. The van der Waals surface area contributed by atoms with Gasteiger partial charge in [-0.1, -0.05) is 30.7 Å². The standard InChI is InChI=1S/C13H21ClN2/c1-2-7-15-9-10-16-8-6-12-4-3-5-13(14)11-12/h3-5,11,15-16H,2,6-10H2,1H3. The van der Waals surface area contributed by atoms with Crippen molar-refractivity contribution in [3.8, 4) is 0 Å². The SMILES string of the molecule is CCCNCCNCCc1cccc(Cl)c1. The van der Waals surface area contributed by atoms with Crippen molar-refractivity contribution in [2.75, 3.05) is 26.2 Å². The van der Waals surface area contributed by atoms with Crippen molar-refractivity contribution >= 4 is 11.6 Å². The number of nitrogens with one attached hydrogen (secondary N) is 2. The minimum absolute atomic E-state index is 0.821. The molecule has 0 aromatic heterocycles. The Morgan fingerprint density at radius 3 is 2.50 bits per heavy atom. The van der Waals surface area contributed by atoms with Crippen molar-refractivity contribution in [3.05, 3.63) is 34.9 Å². The Morgan fingerprint density at radius 1 is 1.06 bits per heavy atom. The van der Waals surface area contributed by atoms with Crippen LogP contribution < -0.4 is 10.6 Å². The highest BCUT2D eigenvalue weighted by Gasteiger charge is 1.94. The number of hydrogen-bond acceptors (Lipinski definition) is 2. The van der Waals surface area contributed by atoms with Gasteiger partial charge in [-0.3, -0.25) is 0 Å². The van der Waals surface area contributed by atoms with Gasteiger partial charge in [0.1, 0.15) is 0 Å². The van der Waals surface area contributed by atoms with E-state index in [0.717, 1.165) is 37.6 Å². The van der Waals surface area contributed by atoms with Gasteiger partial charge in [0.2, 0.25) is 0 Å². The van der Waals surface area contributed by atoms with E-state index in [9.17, 15) is 0 Å². The zero-order valence-corrected chi connectivity index (χ0v) is 10.7. The van der Waals surface area contributed by atoms with E-state index < -0.39 is 0 Å². The number of halogens is 1. The van der Waals surface area contributed by atoms with Crippen LogP contribution in [0.25, 0.3) is 0 Å². The molecule has 0 aliphatic rings. The lowest BCUT2D eigenvalue weighted by molar-refractivity contribution is 0.607. The van der Waals surface area contributed by atoms with Crippen molar-refractivity contribution in [1.29, 1.82) is 0 Å². The molecule has 0 unspecified atom stereocenters. The molecular formula is C13H21ClN2. The lowest BCUT2D eigenvalue weighted by Gasteiger charge is -2.06. The van der Waals surface area contributed by atoms with Crippen LogP contribution in [0.2, 0.25) is 5.02 Å². The Morgan fingerprint density at radius 2 is 1.81 bits per heavy atom. The fraction of sp³-hybridized carbons (Fsp3) is 0.538. The Labute approximate surface area is 103 Å². The van der Waals surface area contributed by atoms with E-state index in [1.807, 2.05) is 18.2 Å². The minimum atomic E-state index is 0.821. The summed E-state index contributed by atoms with van der Waals surface area (Å²) in [6, 6.07) is 8.05. The lowest BCUT2D eigenvalue weighted by atomic mass is 10.1. The quantitative estimate of drug-likeness (QED) is 0.683. The lowest BCUT2D eigenvalue weighted by Crippen LogP contribution is -2.29. The number of hydrogen-bond donors (Lipinski definition) is 2. The van der Waals surface area contributed by atoms with Crippen LogP contribution >= 0.6 is 11.6 Å². The van der Waals surface area contributed by atoms with Gasteiger partial charge in [-0.2, -0.15) is 0 Å². The average Bonchev–Trinajstić information content (AvgIpc) is 2.28. The topological polar surface area (TPSA) is 24.1 Å². The highest BCUT2D eigenvalue weighted by Crippen LogP contribution is 2.10. The van der Waals surface area contributed by atoms with Crippen LogP contribution in [0.5, 0.6) is 0 Å². The van der Waals surface area contributed by atoms with Gasteiger partial charge in [0, 0.05) is 18.1 Å². The summed E-state index contributed by atoms with van der Waals surface area (Å²) >= 11 is 5.91. The zero-order chi connectivity index (χ0) is 11.6. The predicted molar refractivity (Wildman–Crippen MR) is 71.2 cm³/mol. The third-order valence-corrected chi connectivity index (χ3v) is 2.62. The summed E-state index contributed by atoms with van der Waals surface area (Å²) in [6.45, 7) is 6.37. The molecule has 0 bridgehead atoms. The second kappa shape index (κ2) is 8.57. The molecule has 1 aromatic rings. The minimum Gasteiger partial charge on any atom is -0.315 e. The van der Waals surface area contributed by atoms with Gasteiger partial charge in [0.25, 0.3) is 0 Å². The van der Waals surface area contributed by atoms with Crippen LogP contribution in [0, 0.1) is 0 Å². The first-order valence-electron chi connectivity index (χ1n) is 5.99. The third-order valence-electron chi connectivity index (χ3n) is 2.38. The van der Waals surface area contributed by atoms with E-state index in [4.69, 9.17) is 11.6 Å².